The van der Waals surface area contributed by atoms with Crippen molar-refractivity contribution in [1.82, 2.24) is 0 Å². The summed E-state index contributed by atoms with van der Waals surface area (Å²) >= 11 is 3.51. The molecule has 1 saturated heterocycles. The second-order valence-electron chi connectivity index (χ2n) is 6.41. The molecule has 2 aliphatic heterocycles. The van der Waals surface area contributed by atoms with Crippen LogP contribution in [0.15, 0.2) is 54.6 Å². The van der Waals surface area contributed by atoms with Crippen LogP contribution >= 0.6 is 15.9 Å². The van der Waals surface area contributed by atoms with E-state index in [1.54, 1.807) is 0 Å². The van der Waals surface area contributed by atoms with Crippen LogP contribution in [0.1, 0.15) is 22.6 Å². The molecule has 0 aromatic heterocycles. The lowest BCUT2D eigenvalue weighted by atomic mass is 9.57. The maximum Gasteiger partial charge on any atom is 0.315 e. The zero-order valence-corrected chi connectivity index (χ0v) is 15.2. The first-order chi connectivity index (χ1) is 12.1. The van der Waals surface area contributed by atoms with E-state index >= 15 is 0 Å². The number of carbonyl (C=O) groups excluding carboxylic acids is 2. The normalized spacial score (nSPS) is 29.7. The van der Waals surface area contributed by atoms with Crippen molar-refractivity contribution in [1.29, 1.82) is 0 Å². The van der Waals surface area contributed by atoms with E-state index in [0.717, 1.165) is 16.7 Å². The van der Waals surface area contributed by atoms with Crippen LogP contribution in [0.2, 0.25) is 0 Å². The van der Waals surface area contributed by atoms with Crippen molar-refractivity contribution in [3.8, 4) is 0 Å². The van der Waals surface area contributed by atoms with Crippen molar-refractivity contribution < 1.29 is 19.1 Å². The summed E-state index contributed by atoms with van der Waals surface area (Å²) in [6.07, 6.45) is 0. The molecule has 2 heterocycles. The number of esters is 2. The van der Waals surface area contributed by atoms with E-state index in [-0.39, 0.29) is 17.9 Å². The fourth-order valence-electron chi connectivity index (χ4n) is 4.37. The van der Waals surface area contributed by atoms with Gasteiger partial charge in [-0.25, -0.2) is 0 Å². The summed E-state index contributed by atoms with van der Waals surface area (Å²) < 4.78 is 11.1. The molecule has 4 nitrogen and oxygen atoms in total. The first-order valence-electron chi connectivity index (χ1n) is 8.16. The zero-order chi connectivity index (χ0) is 17.6. The van der Waals surface area contributed by atoms with Crippen molar-refractivity contribution in [3.05, 3.63) is 71.3 Å². The molecule has 4 atom stereocenters. The maximum absolute atomic E-state index is 12.8. The van der Waals surface area contributed by atoms with Crippen LogP contribution < -0.4 is 0 Å². The standard InChI is InChI=1S/C20H17BrO4/c1-24-19(23)17-14(11-21)16-13-9-5-6-10-15(13)20(17,25-18(16)22)12-7-3-2-4-8-12/h2-10,14,16-17H,11H2,1H3/t14-,16+,17-,20-/m0/s1. The Labute approximate surface area is 154 Å². The third-order valence-corrected chi connectivity index (χ3v) is 6.09. The van der Waals surface area contributed by atoms with E-state index < -0.39 is 17.4 Å². The van der Waals surface area contributed by atoms with Crippen LogP contribution in [0, 0.1) is 11.8 Å². The Kier molecular flexibility index (Phi) is 3.91. The van der Waals surface area contributed by atoms with Gasteiger partial charge in [-0.05, 0) is 5.56 Å². The molecule has 1 aliphatic carbocycles. The highest BCUT2D eigenvalue weighted by Gasteiger charge is 2.65. The molecular weight excluding hydrogens is 384 g/mol. The molecule has 128 valence electrons. The molecule has 0 N–H and O–H groups in total. The zero-order valence-electron chi connectivity index (χ0n) is 13.6. The van der Waals surface area contributed by atoms with Crippen molar-refractivity contribution in [2.24, 2.45) is 11.8 Å². The van der Waals surface area contributed by atoms with Gasteiger partial charge in [0, 0.05) is 22.4 Å². The summed E-state index contributed by atoms with van der Waals surface area (Å²) in [7, 11) is 1.38. The van der Waals surface area contributed by atoms with Crippen molar-refractivity contribution >= 4 is 27.9 Å². The van der Waals surface area contributed by atoms with Crippen molar-refractivity contribution in [3.63, 3.8) is 0 Å². The lowest BCUT2D eigenvalue weighted by Crippen LogP contribution is -2.60. The van der Waals surface area contributed by atoms with Crippen LogP contribution in [-0.4, -0.2) is 24.4 Å². The Hall–Kier alpha value is -2.14. The van der Waals surface area contributed by atoms with Gasteiger partial charge in [0.1, 0.15) is 5.92 Å². The molecule has 2 bridgehead atoms. The number of hydrogen-bond acceptors (Lipinski definition) is 4. The van der Waals surface area contributed by atoms with E-state index in [1.165, 1.54) is 7.11 Å². The number of methoxy groups -OCH3 is 1. The van der Waals surface area contributed by atoms with Crippen LogP contribution in [-0.2, 0) is 24.7 Å². The monoisotopic (exact) mass is 400 g/mol. The number of fused-ring (bicyclic) bond motifs is 2. The minimum atomic E-state index is -1.16. The van der Waals surface area contributed by atoms with E-state index in [0.29, 0.717) is 5.33 Å². The molecule has 3 aliphatic rings. The SMILES string of the molecule is COC(=O)[C@@H]1[C@@H](CBr)[C@@H]2C(=O)O[C@@]1(c1ccccc1)c1ccccc12. The summed E-state index contributed by atoms with van der Waals surface area (Å²) in [6.45, 7) is 0. The average molecular weight is 401 g/mol. The first kappa shape index (κ1) is 16.3. The highest BCUT2D eigenvalue weighted by atomic mass is 79.9. The molecule has 5 rings (SSSR count). The number of hydrogen-bond donors (Lipinski definition) is 0. The Morgan fingerprint density at radius 1 is 1.16 bits per heavy atom. The smallest absolute Gasteiger partial charge is 0.315 e. The van der Waals surface area contributed by atoms with Gasteiger partial charge in [0.15, 0.2) is 5.60 Å². The second-order valence-corrected chi connectivity index (χ2v) is 7.05. The number of halogens is 1. The molecule has 0 saturated carbocycles. The van der Waals surface area contributed by atoms with Gasteiger partial charge in [0.2, 0.25) is 0 Å². The van der Waals surface area contributed by atoms with E-state index in [1.807, 2.05) is 54.6 Å². The Bertz CT molecular complexity index is 835. The fourth-order valence-corrected chi connectivity index (χ4v) is 5.11. The number of alkyl halides is 1. The largest absolute Gasteiger partial charge is 0.469 e. The van der Waals surface area contributed by atoms with Gasteiger partial charge < -0.3 is 9.47 Å². The van der Waals surface area contributed by atoms with Crippen LogP contribution in [0.5, 0.6) is 0 Å². The lowest BCUT2D eigenvalue weighted by Gasteiger charge is -2.54. The molecule has 2 aromatic carbocycles. The van der Waals surface area contributed by atoms with Crippen LogP contribution in [0.3, 0.4) is 0 Å². The summed E-state index contributed by atoms with van der Waals surface area (Å²) in [5.41, 5.74) is 1.44. The predicted molar refractivity (Wildman–Crippen MR) is 95.3 cm³/mol. The molecule has 0 unspecified atom stereocenters. The van der Waals surface area contributed by atoms with Gasteiger partial charge in [-0.2, -0.15) is 0 Å². The van der Waals surface area contributed by atoms with Crippen molar-refractivity contribution in [2.75, 3.05) is 12.4 Å². The molecule has 0 amide bonds. The molecular formula is C20H17BrO4. The number of carbonyl (C=O) groups is 2. The van der Waals surface area contributed by atoms with Crippen molar-refractivity contribution in [2.45, 2.75) is 11.5 Å². The molecule has 1 fully saturated rings. The lowest BCUT2D eigenvalue weighted by molar-refractivity contribution is -0.195. The van der Waals surface area contributed by atoms with Gasteiger partial charge in [-0.15, -0.1) is 0 Å². The van der Waals surface area contributed by atoms with Gasteiger partial charge >= 0.3 is 11.9 Å². The van der Waals surface area contributed by atoms with Crippen LogP contribution in [0.4, 0.5) is 0 Å². The molecule has 0 radical (unpaired) electrons. The summed E-state index contributed by atoms with van der Waals surface area (Å²) in [5, 5.41) is 0.509. The predicted octanol–water partition coefficient (Wildman–Crippen LogP) is 3.38. The topological polar surface area (TPSA) is 52.6 Å². The number of rotatable bonds is 3. The molecule has 0 spiro atoms. The highest BCUT2D eigenvalue weighted by molar-refractivity contribution is 9.09. The average Bonchev–Trinajstić information content (AvgIpc) is 2.67. The fraction of sp³-hybridized carbons (Fsp3) is 0.300. The number of ether oxygens (including phenoxy) is 2. The third kappa shape index (κ3) is 2.11. The second kappa shape index (κ2) is 5.99. The first-order valence-corrected chi connectivity index (χ1v) is 9.29. The Balaban J connectivity index is 2.07. The highest BCUT2D eigenvalue weighted by Crippen LogP contribution is 2.59. The van der Waals surface area contributed by atoms with Crippen LogP contribution in [0.25, 0.3) is 0 Å². The van der Waals surface area contributed by atoms with Gasteiger partial charge in [0.05, 0.1) is 13.0 Å². The summed E-state index contributed by atoms with van der Waals surface area (Å²) in [4.78, 5) is 25.6. The minimum absolute atomic E-state index is 0.233. The van der Waals surface area contributed by atoms with Gasteiger partial charge in [-0.1, -0.05) is 70.5 Å². The number of benzene rings is 2. The molecule has 25 heavy (non-hydrogen) atoms. The maximum atomic E-state index is 12.8. The third-order valence-electron chi connectivity index (χ3n) is 5.34. The molecule has 5 heteroatoms. The van der Waals surface area contributed by atoms with E-state index in [2.05, 4.69) is 15.9 Å². The quantitative estimate of drug-likeness (QED) is 0.585. The van der Waals surface area contributed by atoms with Gasteiger partial charge in [0.25, 0.3) is 0 Å². The minimum Gasteiger partial charge on any atom is -0.469 e. The Morgan fingerprint density at radius 3 is 2.52 bits per heavy atom. The Morgan fingerprint density at radius 2 is 1.84 bits per heavy atom. The van der Waals surface area contributed by atoms with Gasteiger partial charge in [-0.3, -0.25) is 9.59 Å². The summed E-state index contributed by atoms with van der Waals surface area (Å²) in [6, 6.07) is 17.2. The molecule has 2 aromatic rings. The van der Waals surface area contributed by atoms with E-state index in [4.69, 9.17) is 9.47 Å². The van der Waals surface area contributed by atoms with E-state index in [9.17, 15) is 9.59 Å². The summed E-state index contributed by atoms with van der Waals surface area (Å²) in [5.74, 6) is -1.95.